The van der Waals surface area contributed by atoms with Crippen LogP contribution in [0.15, 0.2) is 54.4 Å². The standard InChI is InChI=1S/C24H29N3O3/c1-5-15-27-22(28)20(16-19-13-10-14-25-21(19)30-6-2)26(4)23(29)24(27,3)17-18-11-8-7-9-12-18/h7-14,16H,5-6,15,17H2,1-4H3/b20-16-. The number of carbonyl (C=O) groups is 2. The van der Waals surface area contributed by atoms with Crippen LogP contribution in [0.25, 0.3) is 6.08 Å². The molecule has 1 aliphatic rings. The maximum Gasteiger partial charge on any atom is 0.271 e. The molecule has 6 heteroatoms. The molecule has 2 heterocycles. The number of likely N-dealkylation sites (N-methyl/N-ethyl adjacent to an activating group) is 1. The quantitative estimate of drug-likeness (QED) is 0.659. The van der Waals surface area contributed by atoms with Crippen molar-refractivity contribution < 1.29 is 14.3 Å². The van der Waals surface area contributed by atoms with Crippen molar-refractivity contribution in [3.63, 3.8) is 0 Å². The summed E-state index contributed by atoms with van der Waals surface area (Å²) in [6.07, 6.45) is 4.57. The van der Waals surface area contributed by atoms with Crippen LogP contribution in [0.3, 0.4) is 0 Å². The molecule has 0 N–H and O–H groups in total. The zero-order valence-corrected chi connectivity index (χ0v) is 18.1. The first kappa shape index (κ1) is 21.6. The summed E-state index contributed by atoms with van der Waals surface area (Å²) in [5.41, 5.74) is 1.07. The molecule has 2 aromatic rings. The van der Waals surface area contributed by atoms with Gasteiger partial charge in [-0.05, 0) is 44.0 Å². The van der Waals surface area contributed by atoms with Crippen molar-refractivity contribution in [2.75, 3.05) is 20.2 Å². The van der Waals surface area contributed by atoms with Crippen molar-refractivity contribution >= 4 is 17.9 Å². The molecule has 0 saturated carbocycles. The highest BCUT2D eigenvalue weighted by Crippen LogP contribution is 2.33. The van der Waals surface area contributed by atoms with Gasteiger partial charge in [0.2, 0.25) is 5.88 Å². The van der Waals surface area contributed by atoms with Crippen molar-refractivity contribution in [2.45, 2.75) is 39.2 Å². The molecule has 2 amide bonds. The largest absolute Gasteiger partial charge is 0.478 e. The molecule has 1 aromatic heterocycles. The lowest BCUT2D eigenvalue weighted by atomic mass is 9.86. The van der Waals surface area contributed by atoms with Gasteiger partial charge >= 0.3 is 0 Å². The average Bonchev–Trinajstić information content (AvgIpc) is 2.75. The Labute approximate surface area is 178 Å². The smallest absolute Gasteiger partial charge is 0.271 e. The summed E-state index contributed by atoms with van der Waals surface area (Å²) >= 11 is 0. The van der Waals surface area contributed by atoms with E-state index in [4.69, 9.17) is 4.74 Å². The second-order valence-corrected chi connectivity index (χ2v) is 7.62. The van der Waals surface area contributed by atoms with E-state index in [9.17, 15) is 9.59 Å². The zero-order chi connectivity index (χ0) is 21.7. The van der Waals surface area contributed by atoms with Crippen LogP contribution in [0.4, 0.5) is 0 Å². The van der Waals surface area contributed by atoms with E-state index in [0.29, 0.717) is 36.7 Å². The first-order valence-electron chi connectivity index (χ1n) is 10.4. The highest BCUT2D eigenvalue weighted by atomic mass is 16.5. The molecule has 0 radical (unpaired) electrons. The Morgan fingerprint density at radius 2 is 1.83 bits per heavy atom. The van der Waals surface area contributed by atoms with Crippen LogP contribution in [0, 0.1) is 0 Å². The Morgan fingerprint density at radius 1 is 1.10 bits per heavy atom. The van der Waals surface area contributed by atoms with E-state index in [1.807, 2.05) is 57.2 Å². The molecule has 1 aliphatic heterocycles. The SMILES string of the molecule is CCCN1C(=O)/C(=C/c2cccnc2OCC)N(C)C(=O)C1(C)Cc1ccccc1. The molecule has 0 bridgehead atoms. The summed E-state index contributed by atoms with van der Waals surface area (Å²) in [6, 6.07) is 13.4. The number of piperazine rings is 1. The first-order valence-corrected chi connectivity index (χ1v) is 10.4. The Kier molecular flexibility index (Phi) is 6.55. The summed E-state index contributed by atoms with van der Waals surface area (Å²) in [6.45, 7) is 6.72. The third-order valence-corrected chi connectivity index (χ3v) is 5.40. The molecule has 158 valence electrons. The topological polar surface area (TPSA) is 62.7 Å². The number of benzene rings is 1. The number of nitrogens with zero attached hydrogens (tertiary/aromatic N) is 3. The van der Waals surface area contributed by atoms with Crippen LogP contribution in [0.2, 0.25) is 0 Å². The molecule has 30 heavy (non-hydrogen) atoms. The van der Waals surface area contributed by atoms with Crippen molar-refractivity contribution in [3.8, 4) is 5.88 Å². The number of rotatable bonds is 7. The predicted octanol–water partition coefficient (Wildman–Crippen LogP) is 3.53. The predicted molar refractivity (Wildman–Crippen MR) is 117 cm³/mol. The lowest BCUT2D eigenvalue weighted by molar-refractivity contribution is -0.157. The molecule has 6 nitrogen and oxygen atoms in total. The fourth-order valence-corrected chi connectivity index (χ4v) is 3.90. The van der Waals surface area contributed by atoms with Crippen LogP contribution in [0.5, 0.6) is 5.88 Å². The maximum absolute atomic E-state index is 13.6. The van der Waals surface area contributed by atoms with Crippen LogP contribution in [-0.2, 0) is 16.0 Å². The summed E-state index contributed by atoms with van der Waals surface area (Å²) in [4.78, 5) is 34.5. The average molecular weight is 408 g/mol. The van der Waals surface area contributed by atoms with E-state index >= 15 is 0 Å². The minimum absolute atomic E-state index is 0.104. The summed E-state index contributed by atoms with van der Waals surface area (Å²) in [7, 11) is 1.66. The third kappa shape index (κ3) is 4.08. The molecular formula is C24H29N3O3. The van der Waals surface area contributed by atoms with Gasteiger partial charge in [0.1, 0.15) is 11.2 Å². The van der Waals surface area contributed by atoms with E-state index in [-0.39, 0.29) is 11.8 Å². The van der Waals surface area contributed by atoms with Gasteiger partial charge < -0.3 is 14.5 Å². The fourth-order valence-electron chi connectivity index (χ4n) is 3.90. The molecule has 1 fully saturated rings. The van der Waals surface area contributed by atoms with Gasteiger partial charge in [-0.1, -0.05) is 37.3 Å². The summed E-state index contributed by atoms with van der Waals surface area (Å²) in [5.74, 6) is 0.178. The molecular weight excluding hydrogens is 378 g/mol. The number of pyridine rings is 1. The molecule has 3 rings (SSSR count). The van der Waals surface area contributed by atoms with Gasteiger partial charge in [-0.2, -0.15) is 0 Å². The minimum Gasteiger partial charge on any atom is -0.478 e. The van der Waals surface area contributed by atoms with Crippen molar-refractivity contribution in [1.29, 1.82) is 0 Å². The molecule has 0 aliphatic carbocycles. The van der Waals surface area contributed by atoms with Gasteiger partial charge in [-0.25, -0.2) is 4.98 Å². The van der Waals surface area contributed by atoms with E-state index in [0.717, 1.165) is 12.0 Å². The molecule has 1 saturated heterocycles. The number of ether oxygens (including phenoxy) is 1. The van der Waals surface area contributed by atoms with E-state index < -0.39 is 5.54 Å². The van der Waals surface area contributed by atoms with Gasteiger partial charge in [-0.3, -0.25) is 9.59 Å². The van der Waals surface area contributed by atoms with Crippen LogP contribution in [0.1, 0.15) is 38.3 Å². The van der Waals surface area contributed by atoms with E-state index in [2.05, 4.69) is 4.98 Å². The van der Waals surface area contributed by atoms with Crippen LogP contribution in [-0.4, -0.2) is 52.3 Å². The Hall–Kier alpha value is -3.15. The molecule has 1 atom stereocenters. The number of hydrogen-bond donors (Lipinski definition) is 0. The number of carbonyl (C=O) groups excluding carboxylic acids is 2. The zero-order valence-electron chi connectivity index (χ0n) is 18.1. The van der Waals surface area contributed by atoms with Crippen molar-refractivity contribution in [1.82, 2.24) is 14.8 Å². The number of amides is 2. The lowest BCUT2D eigenvalue weighted by Crippen LogP contribution is -2.66. The Balaban J connectivity index is 2.03. The monoisotopic (exact) mass is 407 g/mol. The summed E-state index contributed by atoms with van der Waals surface area (Å²) < 4.78 is 5.59. The molecule has 0 spiro atoms. The van der Waals surface area contributed by atoms with Gasteiger partial charge in [-0.15, -0.1) is 0 Å². The van der Waals surface area contributed by atoms with Crippen LogP contribution >= 0.6 is 0 Å². The second-order valence-electron chi connectivity index (χ2n) is 7.62. The second kappa shape index (κ2) is 9.11. The van der Waals surface area contributed by atoms with Crippen molar-refractivity contribution in [3.05, 3.63) is 65.5 Å². The normalized spacial score (nSPS) is 20.7. The van der Waals surface area contributed by atoms with Gasteiger partial charge in [0.05, 0.1) is 6.61 Å². The van der Waals surface area contributed by atoms with Crippen LogP contribution < -0.4 is 4.74 Å². The van der Waals surface area contributed by atoms with Crippen molar-refractivity contribution in [2.24, 2.45) is 0 Å². The van der Waals surface area contributed by atoms with E-state index in [1.165, 1.54) is 4.90 Å². The lowest BCUT2D eigenvalue weighted by Gasteiger charge is -2.47. The van der Waals surface area contributed by atoms with Gasteiger partial charge in [0.15, 0.2) is 0 Å². The molecule has 1 aromatic carbocycles. The summed E-state index contributed by atoms with van der Waals surface area (Å²) in [5, 5.41) is 0. The third-order valence-electron chi connectivity index (χ3n) is 5.40. The minimum atomic E-state index is -0.946. The Bertz CT molecular complexity index is 942. The number of aromatic nitrogens is 1. The highest BCUT2D eigenvalue weighted by Gasteiger charge is 2.50. The Morgan fingerprint density at radius 3 is 2.50 bits per heavy atom. The van der Waals surface area contributed by atoms with E-state index in [1.54, 1.807) is 30.3 Å². The highest BCUT2D eigenvalue weighted by molar-refractivity contribution is 6.09. The van der Waals surface area contributed by atoms with Gasteiger partial charge in [0.25, 0.3) is 11.8 Å². The maximum atomic E-state index is 13.6. The van der Waals surface area contributed by atoms with Gasteiger partial charge in [0, 0.05) is 31.8 Å². The first-order chi connectivity index (χ1) is 14.4. The fraction of sp³-hybridized carbons (Fsp3) is 0.375. The molecule has 1 unspecified atom stereocenters. The number of hydrogen-bond acceptors (Lipinski definition) is 4.